The second kappa shape index (κ2) is 22.5. The quantitative estimate of drug-likeness (QED) is 0.242. The van der Waals surface area contributed by atoms with Gasteiger partial charge in [0.2, 0.25) is 0 Å². The molecule has 0 saturated carbocycles. The Labute approximate surface area is 163 Å². The summed E-state index contributed by atoms with van der Waals surface area (Å²) in [5, 5.41) is 17.9. The van der Waals surface area contributed by atoms with E-state index in [0.717, 1.165) is 6.42 Å². The zero-order valence-corrected chi connectivity index (χ0v) is 17.6. The van der Waals surface area contributed by atoms with E-state index in [1.165, 1.54) is 96.3 Å². The summed E-state index contributed by atoms with van der Waals surface area (Å²) in [6.07, 6.45) is 26.3. The molecular weight excluding hydrogens is 322 g/mol. The Morgan fingerprint density at radius 3 is 1.35 bits per heavy atom. The average molecular weight is 370 g/mol. The standard InChI is InChI=1S/C23H47NO2/c1-2-3-4-5-6-7-8-9-10-11-12-13-14-15-16-17-18-19-24(20-22-25)21-23-26/h18-19,25-26H,2-17,20-23H2,1H3. The number of nitrogens with zero attached hydrogens (tertiary/aromatic N) is 1. The number of unbranched alkanes of at least 4 members (excludes halogenated alkanes) is 15. The molecule has 0 spiro atoms. The fraction of sp³-hybridized carbons (Fsp3) is 0.913. The largest absolute Gasteiger partial charge is 0.395 e. The Kier molecular flexibility index (Phi) is 22.0. The van der Waals surface area contributed by atoms with Gasteiger partial charge in [0.1, 0.15) is 0 Å². The molecule has 26 heavy (non-hydrogen) atoms. The first-order chi connectivity index (χ1) is 12.8. The van der Waals surface area contributed by atoms with Gasteiger partial charge in [0.05, 0.1) is 13.2 Å². The van der Waals surface area contributed by atoms with Gasteiger partial charge in [-0.25, -0.2) is 0 Å². The summed E-state index contributed by atoms with van der Waals surface area (Å²) in [6.45, 7) is 3.78. The van der Waals surface area contributed by atoms with E-state index in [4.69, 9.17) is 10.2 Å². The molecule has 0 bridgehead atoms. The van der Waals surface area contributed by atoms with Gasteiger partial charge in [-0.1, -0.05) is 103 Å². The summed E-state index contributed by atoms with van der Waals surface area (Å²) in [5.74, 6) is 0. The highest BCUT2D eigenvalue weighted by Crippen LogP contribution is 2.13. The lowest BCUT2D eigenvalue weighted by atomic mass is 10.0. The second-order valence-corrected chi connectivity index (χ2v) is 7.61. The summed E-state index contributed by atoms with van der Waals surface area (Å²) >= 11 is 0. The van der Waals surface area contributed by atoms with Crippen molar-refractivity contribution >= 4 is 0 Å². The van der Waals surface area contributed by atoms with Crippen LogP contribution in [0.1, 0.15) is 110 Å². The molecule has 0 saturated heterocycles. The van der Waals surface area contributed by atoms with Gasteiger partial charge in [-0.05, 0) is 19.0 Å². The molecule has 0 radical (unpaired) electrons. The van der Waals surface area contributed by atoms with Crippen LogP contribution in [0.25, 0.3) is 0 Å². The molecule has 0 aliphatic heterocycles. The van der Waals surface area contributed by atoms with Gasteiger partial charge in [0.15, 0.2) is 0 Å². The van der Waals surface area contributed by atoms with Crippen molar-refractivity contribution in [3.63, 3.8) is 0 Å². The van der Waals surface area contributed by atoms with Crippen LogP contribution >= 0.6 is 0 Å². The molecule has 0 rings (SSSR count). The smallest absolute Gasteiger partial charge is 0.0606 e. The molecular formula is C23H47NO2. The van der Waals surface area contributed by atoms with Crippen LogP contribution in [-0.2, 0) is 0 Å². The van der Waals surface area contributed by atoms with E-state index in [9.17, 15) is 0 Å². The van der Waals surface area contributed by atoms with Gasteiger partial charge in [0.25, 0.3) is 0 Å². The van der Waals surface area contributed by atoms with Crippen molar-refractivity contribution in [1.82, 2.24) is 4.90 Å². The topological polar surface area (TPSA) is 43.7 Å². The van der Waals surface area contributed by atoms with E-state index >= 15 is 0 Å². The van der Waals surface area contributed by atoms with E-state index in [-0.39, 0.29) is 13.2 Å². The highest BCUT2D eigenvalue weighted by molar-refractivity contribution is 4.82. The molecule has 0 atom stereocenters. The molecule has 0 aromatic rings. The number of hydrogen-bond donors (Lipinski definition) is 2. The minimum absolute atomic E-state index is 0.142. The highest BCUT2D eigenvalue weighted by Gasteiger charge is 1.96. The summed E-state index contributed by atoms with van der Waals surface area (Å²) in [6, 6.07) is 0. The number of aliphatic hydroxyl groups excluding tert-OH is 2. The minimum atomic E-state index is 0.142. The molecule has 3 nitrogen and oxygen atoms in total. The maximum Gasteiger partial charge on any atom is 0.0606 e. The van der Waals surface area contributed by atoms with Crippen LogP contribution in [-0.4, -0.2) is 41.4 Å². The molecule has 0 aromatic heterocycles. The lowest BCUT2D eigenvalue weighted by Gasteiger charge is -2.17. The van der Waals surface area contributed by atoms with Gasteiger partial charge >= 0.3 is 0 Å². The summed E-state index contributed by atoms with van der Waals surface area (Å²) in [5.41, 5.74) is 0. The monoisotopic (exact) mass is 369 g/mol. The molecule has 3 heteroatoms. The van der Waals surface area contributed by atoms with E-state index in [2.05, 4.69) is 13.0 Å². The Morgan fingerprint density at radius 1 is 0.577 bits per heavy atom. The van der Waals surface area contributed by atoms with Crippen LogP contribution in [0.4, 0.5) is 0 Å². The number of rotatable bonds is 21. The summed E-state index contributed by atoms with van der Waals surface area (Å²) < 4.78 is 0. The Bertz CT molecular complexity index is 275. The zero-order chi connectivity index (χ0) is 19.1. The van der Waals surface area contributed by atoms with Gasteiger partial charge in [-0.3, -0.25) is 0 Å². The van der Waals surface area contributed by atoms with Crippen molar-refractivity contribution in [3.8, 4) is 0 Å². The van der Waals surface area contributed by atoms with Gasteiger partial charge in [-0.15, -0.1) is 0 Å². The lowest BCUT2D eigenvalue weighted by molar-refractivity contribution is 0.198. The third-order valence-electron chi connectivity index (χ3n) is 5.06. The number of hydrogen-bond acceptors (Lipinski definition) is 3. The second-order valence-electron chi connectivity index (χ2n) is 7.61. The molecule has 0 amide bonds. The van der Waals surface area contributed by atoms with Crippen LogP contribution in [0.2, 0.25) is 0 Å². The van der Waals surface area contributed by atoms with Crippen LogP contribution in [0.15, 0.2) is 12.3 Å². The highest BCUT2D eigenvalue weighted by atomic mass is 16.3. The fourth-order valence-corrected chi connectivity index (χ4v) is 3.37. The van der Waals surface area contributed by atoms with Crippen molar-refractivity contribution < 1.29 is 10.2 Å². The molecule has 0 aliphatic carbocycles. The van der Waals surface area contributed by atoms with Gasteiger partial charge in [-0.2, -0.15) is 0 Å². The number of aliphatic hydroxyl groups is 2. The SMILES string of the molecule is CCCCCCCCCCCCCCCCCC=CN(CCO)CCO. The third-order valence-corrected chi connectivity index (χ3v) is 5.06. The fourth-order valence-electron chi connectivity index (χ4n) is 3.37. The van der Waals surface area contributed by atoms with E-state index in [1.807, 2.05) is 11.1 Å². The minimum Gasteiger partial charge on any atom is -0.395 e. The average Bonchev–Trinajstić information content (AvgIpc) is 2.64. The third kappa shape index (κ3) is 19.8. The van der Waals surface area contributed by atoms with Crippen molar-refractivity contribution in [2.45, 2.75) is 110 Å². The Balaban J connectivity index is 3.21. The van der Waals surface area contributed by atoms with E-state index < -0.39 is 0 Å². The predicted octanol–water partition coefficient (Wildman–Crippen LogP) is 6.05. The molecule has 0 aliphatic rings. The van der Waals surface area contributed by atoms with Crippen molar-refractivity contribution in [3.05, 3.63) is 12.3 Å². The van der Waals surface area contributed by atoms with Crippen molar-refractivity contribution in [2.75, 3.05) is 26.3 Å². The van der Waals surface area contributed by atoms with E-state index in [1.54, 1.807) is 0 Å². The molecule has 0 heterocycles. The first kappa shape index (κ1) is 25.5. The molecule has 2 N–H and O–H groups in total. The molecule has 0 aromatic carbocycles. The Hall–Kier alpha value is -0.540. The Morgan fingerprint density at radius 2 is 0.962 bits per heavy atom. The maximum absolute atomic E-state index is 8.95. The molecule has 0 fully saturated rings. The zero-order valence-electron chi connectivity index (χ0n) is 17.6. The number of allylic oxidation sites excluding steroid dienone is 1. The van der Waals surface area contributed by atoms with Gasteiger partial charge < -0.3 is 15.1 Å². The molecule has 156 valence electrons. The van der Waals surface area contributed by atoms with Crippen LogP contribution in [0, 0.1) is 0 Å². The first-order valence-electron chi connectivity index (χ1n) is 11.5. The summed E-state index contributed by atoms with van der Waals surface area (Å²) in [4.78, 5) is 1.98. The van der Waals surface area contributed by atoms with Crippen LogP contribution in [0.3, 0.4) is 0 Å². The maximum atomic E-state index is 8.95. The normalized spacial score (nSPS) is 11.5. The predicted molar refractivity (Wildman–Crippen MR) is 114 cm³/mol. The summed E-state index contributed by atoms with van der Waals surface area (Å²) in [7, 11) is 0. The lowest BCUT2D eigenvalue weighted by Crippen LogP contribution is -2.24. The van der Waals surface area contributed by atoms with Gasteiger partial charge in [0, 0.05) is 13.1 Å². The molecule has 0 unspecified atom stereocenters. The van der Waals surface area contributed by atoms with Crippen molar-refractivity contribution in [2.24, 2.45) is 0 Å². The van der Waals surface area contributed by atoms with Crippen molar-refractivity contribution in [1.29, 1.82) is 0 Å². The van der Waals surface area contributed by atoms with E-state index in [0.29, 0.717) is 13.1 Å². The van der Waals surface area contributed by atoms with Crippen LogP contribution in [0.5, 0.6) is 0 Å². The first-order valence-corrected chi connectivity index (χ1v) is 11.5. The van der Waals surface area contributed by atoms with Crippen LogP contribution < -0.4 is 0 Å².